The van der Waals surface area contributed by atoms with Crippen molar-refractivity contribution in [3.63, 3.8) is 0 Å². The fraction of sp³-hybridized carbons (Fsp3) is 0.571. The molecule has 0 saturated heterocycles. The van der Waals surface area contributed by atoms with E-state index in [2.05, 4.69) is 21.6 Å². The van der Waals surface area contributed by atoms with Crippen molar-refractivity contribution in [3.05, 3.63) is 22.8 Å². The zero-order chi connectivity index (χ0) is 12.9. The number of rotatable bonds is 3. The molecule has 0 bridgehead atoms. The average Bonchev–Trinajstić information content (AvgIpc) is 2.89. The molecule has 4 rings (SSSR count). The highest BCUT2D eigenvalue weighted by molar-refractivity contribution is 7.13. The van der Waals surface area contributed by atoms with Gasteiger partial charge in [0.2, 0.25) is 0 Å². The third-order valence-corrected chi connectivity index (χ3v) is 5.19. The Kier molecular flexibility index (Phi) is 2.53. The minimum Gasteiger partial charge on any atom is -0.333 e. The van der Waals surface area contributed by atoms with Crippen molar-refractivity contribution in [3.8, 4) is 10.8 Å². The van der Waals surface area contributed by atoms with E-state index < -0.39 is 0 Å². The third kappa shape index (κ3) is 1.92. The highest BCUT2D eigenvalue weighted by Crippen LogP contribution is 2.46. The Morgan fingerprint density at radius 1 is 1.32 bits per heavy atom. The molecule has 0 amide bonds. The summed E-state index contributed by atoms with van der Waals surface area (Å²) in [4.78, 5) is 5.73. The number of thiophene rings is 1. The van der Waals surface area contributed by atoms with Crippen molar-refractivity contribution < 1.29 is 4.52 Å². The Balaban J connectivity index is 1.69. The van der Waals surface area contributed by atoms with Crippen molar-refractivity contribution in [2.45, 2.75) is 50.0 Å². The molecular weight excluding hydrogens is 258 g/mol. The van der Waals surface area contributed by atoms with Crippen LogP contribution in [0, 0.1) is 0 Å². The van der Waals surface area contributed by atoms with Gasteiger partial charge in [-0.25, -0.2) is 0 Å². The molecule has 2 aromatic rings. The van der Waals surface area contributed by atoms with E-state index in [1.54, 1.807) is 11.3 Å². The fourth-order valence-corrected chi connectivity index (χ4v) is 3.86. The molecule has 0 radical (unpaired) electrons. The molecule has 0 atom stereocenters. The number of hydrogen-bond acceptors (Lipinski definition) is 5. The average molecular weight is 275 g/mol. The summed E-state index contributed by atoms with van der Waals surface area (Å²) >= 11 is 1.69. The van der Waals surface area contributed by atoms with Gasteiger partial charge in [0.1, 0.15) is 0 Å². The first-order valence-corrected chi connectivity index (χ1v) is 7.85. The van der Waals surface area contributed by atoms with Crippen molar-refractivity contribution in [2.75, 3.05) is 0 Å². The van der Waals surface area contributed by atoms with E-state index in [9.17, 15) is 0 Å². The lowest BCUT2D eigenvalue weighted by atomic mass is 9.99. The maximum absolute atomic E-state index is 6.38. The SMILES string of the molecule is NC1(c2noc(-c3sccc3C3CC3)n2)CCCC1. The minimum atomic E-state index is -0.362. The van der Waals surface area contributed by atoms with Gasteiger partial charge < -0.3 is 10.3 Å². The molecule has 4 nitrogen and oxygen atoms in total. The largest absolute Gasteiger partial charge is 0.333 e. The highest BCUT2D eigenvalue weighted by atomic mass is 32.1. The van der Waals surface area contributed by atoms with Gasteiger partial charge in [0, 0.05) is 0 Å². The maximum atomic E-state index is 6.38. The van der Waals surface area contributed by atoms with Gasteiger partial charge in [-0.3, -0.25) is 0 Å². The van der Waals surface area contributed by atoms with E-state index in [0.717, 1.165) is 30.6 Å². The van der Waals surface area contributed by atoms with Crippen molar-refractivity contribution in [1.29, 1.82) is 0 Å². The summed E-state index contributed by atoms with van der Waals surface area (Å²) < 4.78 is 5.47. The lowest BCUT2D eigenvalue weighted by molar-refractivity contribution is 0.373. The molecule has 100 valence electrons. The van der Waals surface area contributed by atoms with Crippen LogP contribution in [0.2, 0.25) is 0 Å². The van der Waals surface area contributed by atoms with E-state index in [1.165, 1.54) is 18.4 Å². The predicted molar refractivity (Wildman–Crippen MR) is 73.9 cm³/mol. The van der Waals surface area contributed by atoms with Crippen LogP contribution in [0.25, 0.3) is 10.8 Å². The number of aromatic nitrogens is 2. The van der Waals surface area contributed by atoms with Crippen LogP contribution in [0.4, 0.5) is 0 Å². The van der Waals surface area contributed by atoms with Crippen LogP contribution in [0.1, 0.15) is 55.8 Å². The summed E-state index contributed by atoms with van der Waals surface area (Å²) in [6.45, 7) is 0. The van der Waals surface area contributed by atoms with Gasteiger partial charge >= 0.3 is 0 Å². The molecule has 2 aromatic heterocycles. The van der Waals surface area contributed by atoms with Gasteiger partial charge in [-0.05, 0) is 48.6 Å². The second-order valence-electron chi connectivity index (χ2n) is 5.77. The lowest BCUT2D eigenvalue weighted by Gasteiger charge is -2.17. The lowest BCUT2D eigenvalue weighted by Crippen LogP contribution is -2.34. The first kappa shape index (κ1) is 11.6. The van der Waals surface area contributed by atoms with Crippen LogP contribution in [-0.2, 0) is 5.54 Å². The van der Waals surface area contributed by atoms with E-state index in [4.69, 9.17) is 10.3 Å². The Bertz CT molecular complexity index is 593. The van der Waals surface area contributed by atoms with Gasteiger partial charge in [0.25, 0.3) is 5.89 Å². The summed E-state index contributed by atoms with van der Waals surface area (Å²) in [6.07, 6.45) is 6.81. The fourth-order valence-electron chi connectivity index (χ4n) is 2.96. The van der Waals surface area contributed by atoms with Crippen molar-refractivity contribution >= 4 is 11.3 Å². The van der Waals surface area contributed by atoms with Crippen LogP contribution < -0.4 is 5.73 Å². The van der Waals surface area contributed by atoms with Crippen LogP contribution in [0.5, 0.6) is 0 Å². The predicted octanol–water partition coefficient (Wildman–Crippen LogP) is 3.40. The Labute approximate surface area is 116 Å². The normalized spacial score (nSPS) is 21.9. The van der Waals surface area contributed by atoms with Gasteiger partial charge in [-0.2, -0.15) is 4.98 Å². The molecule has 2 saturated carbocycles. The topological polar surface area (TPSA) is 64.9 Å². The number of nitrogens with two attached hydrogens (primary N) is 1. The first-order chi connectivity index (χ1) is 9.26. The minimum absolute atomic E-state index is 0.362. The third-order valence-electron chi connectivity index (χ3n) is 4.27. The molecule has 0 unspecified atom stereocenters. The summed E-state index contributed by atoms with van der Waals surface area (Å²) in [7, 11) is 0. The van der Waals surface area contributed by atoms with Gasteiger partial charge in [0.15, 0.2) is 5.82 Å². The van der Waals surface area contributed by atoms with Gasteiger partial charge in [-0.1, -0.05) is 18.0 Å². The smallest absolute Gasteiger partial charge is 0.268 e. The Morgan fingerprint density at radius 3 is 2.84 bits per heavy atom. The molecule has 0 aliphatic heterocycles. The summed E-state index contributed by atoms with van der Waals surface area (Å²) in [5.74, 6) is 2.05. The molecular formula is C14H17N3OS. The second kappa shape index (κ2) is 4.15. The molecule has 2 fully saturated rings. The van der Waals surface area contributed by atoms with Gasteiger partial charge in [-0.15, -0.1) is 11.3 Å². The van der Waals surface area contributed by atoms with E-state index in [0.29, 0.717) is 17.6 Å². The number of nitrogens with zero attached hydrogens (tertiary/aromatic N) is 2. The molecule has 5 heteroatoms. The Morgan fingerprint density at radius 2 is 2.11 bits per heavy atom. The zero-order valence-electron chi connectivity index (χ0n) is 10.8. The molecule has 19 heavy (non-hydrogen) atoms. The first-order valence-electron chi connectivity index (χ1n) is 6.97. The molecule has 2 aliphatic rings. The number of hydrogen-bond donors (Lipinski definition) is 1. The van der Waals surface area contributed by atoms with E-state index in [1.807, 2.05) is 0 Å². The van der Waals surface area contributed by atoms with E-state index in [-0.39, 0.29) is 5.54 Å². The molecule has 0 spiro atoms. The summed E-state index contributed by atoms with van der Waals surface area (Å²) in [5, 5.41) is 6.25. The monoisotopic (exact) mass is 275 g/mol. The van der Waals surface area contributed by atoms with Crippen LogP contribution in [0.15, 0.2) is 16.0 Å². The van der Waals surface area contributed by atoms with Crippen LogP contribution >= 0.6 is 11.3 Å². The summed E-state index contributed by atoms with van der Waals surface area (Å²) in [5.41, 5.74) is 7.39. The van der Waals surface area contributed by atoms with Crippen molar-refractivity contribution in [2.24, 2.45) is 5.73 Å². The molecule has 2 N–H and O–H groups in total. The highest BCUT2D eigenvalue weighted by Gasteiger charge is 2.37. The van der Waals surface area contributed by atoms with Gasteiger partial charge in [0.05, 0.1) is 10.4 Å². The van der Waals surface area contributed by atoms with Crippen molar-refractivity contribution in [1.82, 2.24) is 10.1 Å². The zero-order valence-corrected chi connectivity index (χ0v) is 11.6. The second-order valence-corrected chi connectivity index (χ2v) is 6.68. The quantitative estimate of drug-likeness (QED) is 0.932. The summed E-state index contributed by atoms with van der Waals surface area (Å²) in [6, 6.07) is 2.19. The van der Waals surface area contributed by atoms with E-state index >= 15 is 0 Å². The Hall–Kier alpha value is -1.20. The molecule has 2 aliphatic carbocycles. The standard InChI is InChI=1S/C14H17N3OS/c15-14(6-1-2-7-14)13-16-12(18-17-13)11-10(5-8-19-11)9-3-4-9/h5,8-9H,1-4,6-7,15H2. The van der Waals surface area contributed by atoms with Crippen LogP contribution in [0.3, 0.4) is 0 Å². The molecule has 2 heterocycles. The molecule has 0 aromatic carbocycles. The van der Waals surface area contributed by atoms with Crippen LogP contribution in [-0.4, -0.2) is 10.1 Å². The maximum Gasteiger partial charge on any atom is 0.268 e.